The first-order valence-electron chi connectivity index (χ1n) is 8.48. The van der Waals surface area contributed by atoms with Crippen LogP contribution < -0.4 is 10.2 Å². The predicted molar refractivity (Wildman–Crippen MR) is 95.9 cm³/mol. The number of hydrogen-bond donors (Lipinski definition) is 1. The first-order valence-corrected chi connectivity index (χ1v) is 8.48. The minimum absolute atomic E-state index is 0.145. The van der Waals surface area contributed by atoms with Crippen LogP contribution in [0.1, 0.15) is 12.8 Å². The van der Waals surface area contributed by atoms with Gasteiger partial charge < -0.3 is 15.1 Å². The van der Waals surface area contributed by atoms with E-state index >= 15 is 0 Å². The number of nitrogens with one attached hydrogen (secondary N) is 1. The van der Waals surface area contributed by atoms with Gasteiger partial charge in [0, 0.05) is 45.0 Å². The number of hydrogen-bond acceptors (Lipinski definition) is 4. The summed E-state index contributed by atoms with van der Waals surface area (Å²) in [5.41, 5.74) is 1.21. The van der Waals surface area contributed by atoms with Crippen molar-refractivity contribution in [1.29, 1.82) is 0 Å². The van der Waals surface area contributed by atoms with E-state index in [1.807, 2.05) is 18.2 Å². The molecule has 128 valence electrons. The van der Waals surface area contributed by atoms with Crippen molar-refractivity contribution in [1.82, 2.24) is 15.1 Å². The highest BCUT2D eigenvalue weighted by Crippen LogP contribution is 2.12. The number of anilines is 1. The van der Waals surface area contributed by atoms with Crippen LogP contribution in [-0.2, 0) is 4.79 Å². The van der Waals surface area contributed by atoms with Gasteiger partial charge in [0.05, 0.1) is 6.54 Å². The molecule has 2 rings (SSSR count). The molecule has 1 fully saturated rings. The summed E-state index contributed by atoms with van der Waals surface area (Å²) in [6.07, 6.45) is 2.11. The molecule has 23 heavy (non-hydrogen) atoms. The molecular weight excluding hydrogens is 288 g/mol. The zero-order chi connectivity index (χ0) is 16.7. The summed E-state index contributed by atoms with van der Waals surface area (Å²) in [6.45, 7) is 4.22. The lowest BCUT2D eigenvalue weighted by Crippen LogP contribution is -2.39. The summed E-state index contributed by atoms with van der Waals surface area (Å²) in [6, 6.07) is 10.9. The standard InChI is InChI=1S/C18H30N4O/c1-20(2)17-10-13-22(14-17)15-18(23)19-11-7-12-21(3)16-8-5-4-6-9-16/h4-6,8-9,17H,7,10-15H2,1-3H3,(H,19,23)/t17-/m1/s1. The maximum Gasteiger partial charge on any atom is 0.234 e. The van der Waals surface area contributed by atoms with Gasteiger partial charge in [0.25, 0.3) is 0 Å². The fraction of sp³-hybridized carbons (Fsp3) is 0.611. The van der Waals surface area contributed by atoms with Crippen LogP contribution in [0.15, 0.2) is 30.3 Å². The largest absolute Gasteiger partial charge is 0.375 e. The van der Waals surface area contributed by atoms with E-state index in [1.54, 1.807) is 0 Å². The number of carbonyl (C=O) groups excluding carboxylic acids is 1. The third-order valence-corrected chi connectivity index (χ3v) is 4.53. The molecule has 1 N–H and O–H groups in total. The molecular formula is C18H30N4O. The Bertz CT molecular complexity index is 477. The van der Waals surface area contributed by atoms with Crippen LogP contribution in [-0.4, -0.2) is 75.6 Å². The molecule has 5 nitrogen and oxygen atoms in total. The average molecular weight is 318 g/mol. The fourth-order valence-corrected chi connectivity index (χ4v) is 2.99. The molecule has 1 aromatic rings. The van der Waals surface area contributed by atoms with Crippen LogP contribution in [0.2, 0.25) is 0 Å². The first-order chi connectivity index (χ1) is 11.1. The Morgan fingerprint density at radius 2 is 2.00 bits per heavy atom. The van der Waals surface area contributed by atoms with Crippen molar-refractivity contribution < 1.29 is 4.79 Å². The van der Waals surface area contributed by atoms with Crippen molar-refractivity contribution in [2.45, 2.75) is 18.9 Å². The fourth-order valence-electron chi connectivity index (χ4n) is 2.99. The highest BCUT2D eigenvalue weighted by atomic mass is 16.2. The number of nitrogens with zero attached hydrogens (tertiary/aromatic N) is 3. The maximum atomic E-state index is 12.0. The Morgan fingerprint density at radius 1 is 1.26 bits per heavy atom. The number of carbonyl (C=O) groups is 1. The molecule has 0 saturated carbocycles. The monoisotopic (exact) mass is 318 g/mol. The van der Waals surface area contributed by atoms with Crippen molar-refractivity contribution >= 4 is 11.6 Å². The molecule has 0 aromatic heterocycles. The molecule has 0 spiro atoms. The van der Waals surface area contributed by atoms with Gasteiger partial charge in [-0.2, -0.15) is 0 Å². The van der Waals surface area contributed by atoms with E-state index < -0.39 is 0 Å². The lowest BCUT2D eigenvalue weighted by Gasteiger charge is -2.20. The zero-order valence-electron chi connectivity index (χ0n) is 14.7. The van der Waals surface area contributed by atoms with Crippen LogP contribution in [0.25, 0.3) is 0 Å². The second kappa shape index (κ2) is 8.89. The molecule has 1 aliphatic heterocycles. The van der Waals surface area contributed by atoms with Gasteiger partial charge in [-0.3, -0.25) is 9.69 Å². The molecule has 0 radical (unpaired) electrons. The molecule has 1 heterocycles. The van der Waals surface area contributed by atoms with Gasteiger partial charge in [-0.05, 0) is 39.1 Å². The third kappa shape index (κ3) is 5.84. The van der Waals surface area contributed by atoms with Gasteiger partial charge in [0.2, 0.25) is 5.91 Å². The minimum Gasteiger partial charge on any atom is -0.375 e. The molecule has 0 aliphatic carbocycles. The summed E-state index contributed by atoms with van der Waals surface area (Å²) >= 11 is 0. The van der Waals surface area contributed by atoms with Gasteiger partial charge in [-0.25, -0.2) is 0 Å². The van der Waals surface area contributed by atoms with Crippen LogP contribution in [0.4, 0.5) is 5.69 Å². The van der Waals surface area contributed by atoms with Gasteiger partial charge in [0.1, 0.15) is 0 Å². The Labute approximate surface area is 140 Å². The zero-order valence-corrected chi connectivity index (χ0v) is 14.7. The number of amides is 1. The van der Waals surface area contributed by atoms with E-state index in [0.29, 0.717) is 12.6 Å². The Morgan fingerprint density at radius 3 is 2.65 bits per heavy atom. The quantitative estimate of drug-likeness (QED) is 0.733. The molecule has 0 unspecified atom stereocenters. The lowest BCUT2D eigenvalue weighted by molar-refractivity contribution is -0.122. The topological polar surface area (TPSA) is 38.8 Å². The highest BCUT2D eigenvalue weighted by molar-refractivity contribution is 5.78. The van der Waals surface area contributed by atoms with E-state index in [9.17, 15) is 4.79 Å². The van der Waals surface area contributed by atoms with Gasteiger partial charge in [-0.15, -0.1) is 0 Å². The number of benzene rings is 1. The maximum absolute atomic E-state index is 12.0. The first kappa shape index (κ1) is 17.8. The van der Waals surface area contributed by atoms with Gasteiger partial charge >= 0.3 is 0 Å². The van der Waals surface area contributed by atoms with Crippen molar-refractivity contribution in [3.05, 3.63) is 30.3 Å². The molecule has 1 saturated heterocycles. The SMILES string of the molecule is CN(CCCNC(=O)CN1CC[C@@H](N(C)C)C1)c1ccccc1. The third-order valence-electron chi connectivity index (χ3n) is 4.53. The molecule has 5 heteroatoms. The summed E-state index contributed by atoms with van der Waals surface area (Å²) in [5.74, 6) is 0.145. The van der Waals surface area contributed by atoms with Gasteiger partial charge in [0.15, 0.2) is 0 Å². The van der Waals surface area contributed by atoms with E-state index in [2.05, 4.69) is 53.3 Å². The molecule has 0 bridgehead atoms. The van der Waals surface area contributed by atoms with E-state index in [-0.39, 0.29) is 5.91 Å². The smallest absolute Gasteiger partial charge is 0.234 e. The molecule has 1 aromatic carbocycles. The molecule has 1 amide bonds. The van der Waals surface area contributed by atoms with Crippen LogP contribution in [0, 0.1) is 0 Å². The van der Waals surface area contributed by atoms with Crippen molar-refractivity contribution in [2.24, 2.45) is 0 Å². The lowest BCUT2D eigenvalue weighted by atomic mass is 10.2. The summed E-state index contributed by atoms with van der Waals surface area (Å²) in [7, 11) is 6.30. The van der Waals surface area contributed by atoms with Crippen molar-refractivity contribution in [3.63, 3.8) is 0 Å². The number of rotatable bonds is 8. The van der Waals surface area contributed by atoms with Crippen LogP contribution in [0.3, 0.4) is 0 Å². The van der Waals surface area contributed by atoms with E-state index in [4.69, 9.17) is 0 Å². The van der Waals surface area contributed by atoms with Crippen molar-refractivity contribution in [2.75, 3.05) is 58.8 Å². The van der Waals surface area contributed by atoms with Gasteiger partial charge in [-0.1, -0.05) is 18.2 Å². The molecule has 1 aliphatic rings. The van der Waals surface area contributed by atoms with E-state index in [0.717, 1.165) is 39.0 Å². The predicted octanol–water partition coefficient (Wildman–Crippen LogP) is 1.27. The number of likely N-dealkylation sites (tertiary alicyclic amines) is 1. The summed E-state index contributed by atoms with van der Waals surface area (Å²) in [4.78, 5) is 18.7. The second-order valence-corrected chi connectivity index (χ2v) is 6.60. The summed E-state index contributed by atoms with van der Waals surface area (Å²) in [5, 5.41) is 3.04. The normalized spacial score (nSPS) is 18.3. The Kier molecular flexibility index (Phi) is 6.86. The highest BCUT2D eigenvalue weighted by Gasteiger charge is 2.24. The number of para-hydroxylation sites is 1. The summed E-state index contributed by atoms with van der Waals surface area (Å²) < 4.78 is 0. The molecule has 1 atom stereocenters. The Hall–Kier alpha value is -1.59. The average Bonchev–Trinajstić information content (AvgIpc) is 3.01. The van der Waals surface area contributed by atoms with Crippen LogP contribution >= 0.6 is 0 Å². The van der Waals surface area contributed by atoms with Crippen molar-refractivity contribution in [3.8, 4) is 0 Å². The Balaban J connectivity index is 1.58. The van der Waals surface area contributed by atoms with E-state index in [1.165, 1.54) is 5.69 Å². The minimum atomic E-state index is 0.145. The van der Waals surface area contributed by atoms with Crippen LogP contribution in [0.5, 0.6) is 0 Å². The number of likely N-dealkylation sites (N-methyl/N-ethyl adjacent to an activating group) is 1. The second-order valence-electron chi connectivity index (χ2n) is 6.60.